The summed E-state index contributed by atoms with van der Waals surface area (Å²) in [6.45, 7) is 3.38. The smallest absolute Gasteiger partial charge is 0.125 e. The first-order valence-electron chi connectivity index (χ1n) is 4.52. The summed E-state index contributed by atoms with van der Waals surface area (Å²) in [5.74, 6) is -0.290. The molecule has 0 unspecified atom stereocenters. The molecule has 1 rings (SSSR count). The number of anilines is 1. The minimum atomic E-state index is -0.951. The molecular weight excluding hydrogens is 181 g/mol. The fourth-order valence-corrected chi connectivity index (χ4v) is 1.39. The van der Waals surface area contributed by atoms with Crippen LogP contribution in [-0.4, -0.2) is 19.2 Å². The second kappa shape index (κ2) is 3.58. The molecule has 0 aliphatic rings. The van der Waals surface area contributed by atoms with Crippen molar-refractivity contribution in [3.63, 3.8) is 0 Å². The number of rotatable bonds is 2. The summed E-state index contributed by atoms with van der Waals surface area (Å²) in [5, 5.41) is 9.86. The first kappa shape index (κ1) is 11.0. The van der Waals surface area contributed by atoms with Gasteiger partial charge in [-0.3, -0.25) is 0 Å². The molecule has 2 nitrogen and oxygen atoms in total. The van der Waals surface area contributed by atoms with E-state index in [4.69, 9.17) is 0 Å². The molecule has 0 atom stereocenters. The van der Waals surface area contributed by atoms with E-state index in [1.165, 1.54) is 12.1 Å². The number of hydrogen-bond acceptors (Lipinski definition) is 2. The molecular formula is C11H16FNO. The monoisotopic (exact) mass is 197 g/mol. The Morgan fingerprint density at radius 2 is 1.86 bits per heavy atom. The highest BCUT2D eigenvalue weighted by Crippen LogP contribution is 2.29. The van der Waals surface area contributed by atoms with Crippen molar-refractivity contribution in [3.05, 3.63) is 29.6 Å². The van der Waals surface area contributed by atoms with Crippen LogP contribution in [0.15, 0.2) is 18.2 Å². The Kier molecular flexibility index (Phi) is 2.81. The Balaban J connectivity index is 3.29. The average molecular weight is 197 g/mol. The summed E-state index contributed by atoms with van der Waals surface area (Å²) in [4.78, 5) is 1.79. The van der Waals surface area contributed by atoms with E-state index in [-0.39, 0.29) is 5.82 Å². The van der Waals surface area contributed by atoms with Gasteiger partial charge in [0.2, 0.25) is 0 Å². The van der Waals surface area contributed by atoms with Gasteiger partial charge in [0.1, 0.15) is 5.82 Å². The summed E-state index contributed by atoms with van der Waals surface area (Å²) in [6, 6.07) is 4.40. The van der Waals surface area contributed by atoms with Gasteiger partial charge in [0.05, 0.1) is 5.60 Å². The second-order valence-corrected chi connectivity index (χ2v) is 4.11. The quantitative estimate of drug-likeness (QED) is 0.785. The molecule has 0 bridgehead atoms. The van der Waals surface area contributed by atoms with E-state index in [9.17, 15) is 9.50 Å². The fraction of sp³-hybridized carbons (Fsp3) is 0.455. The molecule has 1 aromatic carbocycles. The van der Waals surface area contributed by atoms with Crippen LogP contribution in [0.5, 0.6) is 0 Å². The van der Waals surface area contributed by atoms with Crippen LogP contribution in [0.1, 0.15) is 19.4 Å². The van der Waals surface area contributed by atoms with Crippen molar-refractivity contribution in [2.45, 2.75) is 19.4 Å². The van der Waals surface area contributed by atoms with Crippen LogP contribution in [0.25, 0.3) is 0 Å². The first-order valence-corrected chi connectivity index (χ1v) is 4.52. The lowest BCUT2D eigenvalue weighted by molar-refractivity contribution is 0.0790. The normalized spacial score (nSPS) is 11.6. The highest BCUT2D eigenvalue weighted by atomic mass is 19.1. The standard InChI is InChI=1S/C11H16FNO/c1-11(2,14)9-6-5-8(12)7-10(9)13(3)4/h5-7,14H,1-4H3. The van der Waals surface area contributed by atoms with Crippen LogP contribution in [0, 0.1) is 5.82 Å². The van der Waals surface area contributed by atoms with Gasteiger partial charge in [0, 0.05) is 25.3 Å². The Hall–Kier alpha value is -1.09. The number of benzene rings is 1. The Morgan fingerprint density at radius 3 is 2.29 bits per heavy atom. The van der Waals surface area contributed by atoms with Gasteiger partial charge in [-0.25, -0.2) is 4.39 Å². The maximum Gasteiger partial charge on any atom is 0.125 e. The molecule has 0 spiro atoms. The summed E-state index contributed by atoms with van der Waals surface area (Å²) < 4.78 is 13.0. The molecule has 0 saturated heterocycles. The highest BCUT2D eigenvalue weighted by Gasteiger charge is 2.21. The van der Waals surface area contributed by atoms with Crippen molar-refractivity contribution in [1.82, 2.24) is 0 Å². The largest absolute Gasteiger partial charge is 0.386 e. The zero-order valence-electron chi connectivity index (χ0n) is 9.00. The van der Waals surface area contributed by atoms with E-state index < -0.39 is 5.60 Å². The molecule has 3 heteroatoms. The number of halogens is 1. The predicted octanol–water partition coefficient (Wildman–Crippen LogP) is 2.12. The lowest BCUT2D eigenvalue weighted by Gasteiger charge is -2.25. The van der Waals surface area contributed by atoms with E-state index in [1.807, 2.05) is 14.1 Å². The van der Waals surface area contributed by atoms with Crippen molar-refractivity contribution in [3.8, 4) is 0 Å². The van der Waals surface area contributed by atoms with E-state index in [2.05, 4.69) is 0 Å². The van der Waals surface area contributed by atoms with E-state index in [0.717, 1.165) is 5.56 Å². The van der Waals surface area contributed by atoms with Gasteiger partial charge in [-0.15, -0.1) is 0 Å². The van der Waals surface area contributed by atoms with Crippen molar-refractivity contribution >= 4 is 5.69 Å². The summed E-state index contributed by atoms with van der Waals surface area (Å²) >= 11 is 0. The number of aliphatic hydroxyl groups is 1. The van der Waals surface area contributed by atoms with E-state index >= 15 is 0 Å². The third-order valence-corrected chi connectivity index (χ3v) is 2.10. The van der Waals surface area contributed by atoms with Crippen LogP contribution in [0.3, 0.4) is 0 Å². The topological polar surface area (TPSA) is 23.5 Å². The Labute approximate surface area is 84.0 Å². The van der Waals surface area contributed by atoms with E-state index in [0.29, 0.717) is 5.69 Å². The van der Waals surface area contributed by atoms with Gasteiger partial charge in [-0.05, 0) is 26.0 Å². The number of hydrogen-bond donors (Lipinski definition) is 1. The molecule has 0 aromatic heterocycles. The zero-order chi connectivity index (χ0) is 10.9. The van der Waals surface area contributed by atoms with Crippen molar-refractivity contribution in [2.75, 3.05) is 19.0 Å². The minimum absolute atomic E-state index is 0.290. The second-order valence-electron chi connectivity index (χ2n) is 4.11. The molecule has 1 aromatic rings. The zero-order valence-corrected chi connectivity index (χ0v) is 9.00. The maximum absolute atomic E-state index is 13.0. The van der Waals surface area contributed by atoms with Crippen LogP contribution in [-0.2, 0) is 5.60 Å². The molecule has 1 N–H and O–H groups in total. The lowest BCUT2D eigenvalue weighted by Crippen LogP contribution is -2.21. The molecule has 0 saturated carbocycles. The number of nitrogens with zero attached hydrogens (tertiary/aromatic N) is 1. The van der Waals surface area contributed by atoms with Crippen molar-refractivity contribution < 1.29 is 9.50 Å². The van der Waals surface area contributed by atoms with Gasteiger partial charge in [-0.1, -0.05) is 6.07 Å². The van der Waals surface area contributed by atoms with Crippen LogP contribution >= 0.6 is 0 Å². The predicted molar refractivity (Wildman–Crippen MR) is 56.0 cm³/mol. The van der Waals surface area contributed by atoms with E-state index in [1.54, 1.807) is 24.8 Å². The van der Waals surface area contributed by atoms with Gasteiger partial charge < -0.3 is 10.0 Å². The molecule has 78 valence electrons. The van der Waals surface area contributed by atoms with Crippen LogP contribution in [0.2, 0.25) is 0 Å². The molecule has 0 aliphatic carbocycles. The molecule has 0 aliphatic heterocycles. The SMILES string of the molecule is CN(C)c1cc(F)ccc1C(C)(C)O. The third kappa shape index (κ3) is 2.23. The fourth-order valence-electron chi connectivity index (χ4n) is 1.39. The molecule has 0 amide bonds. The van der Waals surface area contributed by atoms with Gasteiger partial charge in [0.15, 0.2) is 0 Å². The Morgan fingerprint density at radius 1 is 1.29 bits per heavy atom. The molecule has 0 fully saturated rings. The van der Waals surface area contributed by atoms with Gasteiger partial charge in [0.25, 0.3) is 0 Å². The third-order valence-electron chi connectivity index (χ3n) is 2.10. The van der Waals surface area contributed by atoms with Crippen molar-refractivity contribution in [2.24, 2.45) is 0 Å². The van der Waals surface area contributed by atoms with Crippen LogP contribution < -0.4 is 4.90 Å². The summed E-state index contributed by atoms with van der Waals surface area (Å²) in [6.07, 6.45) is 0. The van der Waals surface area contributed by atoms with Crippen LogP contribution in [0.4, 0.5) is 10.1 Å². The molecule has 0 radical (unpaired) electrons. The maximum atomic E-state index is 13.0. The minimum Gasteiger partial charge on any atom is -0.386 e. The average Bonchev–Trinajstić information content (AvgIpc) is 2.01. The van der Waals surface area contributed by atoms with Gasteiger partial charge >= 0.3 is 0 Å². The molecule has 0 heterocycles. The Bertz CT molecular complexity index is 329. The van der Waals surface area contributed by atoms with Crippen molar-refractivity contribution in [1.29, 1.82) is 0 Å². The summed E-state index contributed by atoms with van der Waals surface area (Å²) in [5.41, 5.74) is 0.481. The molecule has 14 heavy (non-hydrogen) atoms. The highest BCUT2D eigenvalue weighted by molar-refractivity contribution is 5.54. The first-order chi connectivity index (χ1) is 6.32. The van der Waals surface area contributed by atoms with Gasteiger partial charge in [-0.2, -0.15) is 0 Å². The summed E-state index contributed by atoms with van der Waals surface area (Å²) in [7, 11) is 3.65. The lowest BCUT2D eigenvalue weighted by atomic mass is 9.96.